The van der Waals surface area contributed by atoms with Crippen LogP contribution in [0.3, 0.4) is 0 Å². The van der Waals surface area contributed by atoms with Gasteiger partial charge in [-0.3, -0.25) is 4.99 Å². The minimum absolute atomic E-state index is 0.0105. The summed E-state index contributed by atoms with van der Waals surface area (Å²) in [5.74, 6) is 0.577. The lowest BCUT2D eigenvalue weighted by atomic mass is 9.88. The van der Waals surface area contributed by atoms with Crippen molar-refractivity contribution in [2.75, 3.05) is 11.4 Å². The van der Waals surface area contributed by atoms with Crippen molar-refractivity contribution in [3.63, 3.8) is 0 Å². The van der Waals surface area contributed by atoms with Gasteiger partial charge in [-0.05, 0) is 74.9 Å². The SMILES string of the molecule is CCCN1c2cc(Cl)c(C=Nc3ccc(C(C)CC)cc3)cc2C(C)=CC1(C)C. The molecule has 1 atom stereocenters. The van der Waals surface area contributed by atoms with Gasteiger partial charge < -0.3 is 4.90 Å². The molecule has 1 aliphatic rings. The summed E-state index contributed by atoms with van der Waals surface area (Å²) in [4.78, 5) is 7.13. The zero-order valence-electron chi connectivity index (χ0n) is 18.6. The predicted octanol–water partition coefficient (Wildman–Crippen LogP) is 8.02. The van der Waals surface area contributed by atoms with E-state index in [0.717, 1.165) is 35.7 Å². The van der Waals surface area contributed by atoms with Gasteiger partial charge in [0, 0.05) is 29.6 Å². The van der Waals surface area contributed by atoms with Gasteiger partial charge in [-0.1, -0.05) is 50.6 Å². The van der Waals surface area contributed by atoms with Gasteiger partial charge >= 0.3 is 0 Å². The van der Waals surface area contributed by atoms with Gasteiger partial charge in [0.2, 0.25) is 0 Å². The number of halogens is 1. The lowest BCUT2D eigenvalue weighted by Gasteiger charge is -2.43. The van der Waals surface area contributed by atoms with Crippen LogP contribution >= 0.6 is 11.6 Å². The molecule has 0 amide bonds. The average Bonchev–Trinajstić information content (AvgIpc) is 2.69. The second-order valence-electron chi connectivity index (χ2n) is 8.68. The highest BCUT2D eigenvalue weighted by atomic mass is 35.5. The van der Waals surface area contributed by atoms with E-state index in [1.165, 1.54) is 22.4 Å². The number of hydrogen-bond donors (Lipinski definition) is 0. The van der Waals surface area contributed by atoms with Crippen LogP contribution in [0.15, 0.2) is 47.5 Å². The molecule has 0 radical (unpaired) electrons. The zero-order chi connectivity index (χ0) is 21.2. The molecule has 1 unspecified atom stereocenters. The van der Waals surface area contributed by atoms with Crippen LogP contribution in [0.1, 0.15) is 77.0 Å². The summed E-state index contributed by atoms with van der Waals surface area (Å²) in [6, 6.07) is 12.8. The maximum absolute atomic E-state index is 6.68. The Labute approximate surface area is 181 Å². The summed E-state index contributed by atoms with van der Waals surface area (Å²) in [6.07, 6.45) is 6.49. The first-order chi connectivity index (χ1) is 13.8. The third-order valence-electron chi connectivity index (χ3n) is 5.97. The Balaban J connectivity index is 1.92. The molecule has 29 heavy (non-hydrogen) atoms. The Morgan fingerprint density at radius 2 is 1.83 bits per heavy atom. The molecule has 3 rings (SSSR count). The van der Waals surface area contributed by atoms with Crippen molar-refractivity contribution in [3.8, 4) is 0 Å². The average molecular weight is 409 g/mol. The maximum Gasteiger partial charge on any atom is 0.0630 e. The summed E-state index contributed by atoms with van der Waals surface area (Å²) in [5.41, 5.74) is 7.02. The molecule has 1 heterocycles. The van der Waals surface area contributed by atoms with Crippen molar-refractivity contribution >= 4 is 34.8 Å². The maximum atomic E-state index is 6.68. The highest BCUT2D eigenvalue weighted by Crippen LogP contribution is 2.41. The highest BCUT2D eigenvalue weighted by molar-refractivity contribution is 6.33. The van der Waals surface area contributed by atoms with Crippen molar-refractivity contribution in [2.24, 2.45) is 4.99 Å². The monoisotopic (exact) mass is 408 g/mol. The minimum Gasteiger partial charge on any atom is -0.362 e. The molecule has 0 N–H and O–H groups in total. The van der Waals surface area contributed by atoms with Gasteiger partial charge in [-0.2, -0.15) is 0 Å². The lowest BCUT2D eigenvalue weighted by molar-refractivity contribution is 0.550. The Morgan fingerprint density at radius 1 is 1.14 bits per heavy atom. The third kappa shape index (κ3) is 4.59. The Hall–Kier alpha value is -2.06. The molecule has 0 saturated heterocycles. The third-order valence-corrected chi connectivity index (χ3v) is 6.30. The number of benzene rings is 2. The second-order valence-corrected chi connectivity index (χ2v) is 9.09. The van der Waals surface area contributed by atoms with Crippen molar-refractivity contribution in [3.05, 3.63) is 64.2 Å². The molecule has 0 fully saturated rings. The quantitative estimate of drug-likeness (QED) is 0.442. The first-order valence-electron chi connectivity index (χ1n) is 10.7. The summed E-state index contributed by atoms with van der Waals surface area (Å²) in [7, 11) is 0. The van der Waals surface area contributed by atoms with E-state index in [4.69, 9.17) is 11.6 Å². The number of allylic oxidation sites excluding steroid dienone is 1. The van der Waals surface area contributed by atoms with Gasteiger partial charge in [0.05, 0.1) is 16.2 Å². The van der Waals surface area contributed by atoms with Crippen molar-refractivity contribution in [1.29, 1.82) is 0 Å². The molecule has 154 valence electrons. The molecular weight excluding hydrogens is 376 g/mol. The van der Waals surface area contributed by atoms with Crippen LogP contribution in [0.4, 0.5) is 11.4 Å². The van der Waals surface area contributed by atoms with Crippen molar-refractivity contribution in [2.45, 2.75) is 65.8 Å². The fourth-order valence-electron chi connectivity index (χ4n) is 4.11. The summed E-state index contributed by atoms with van der Waals surface area (Å²) in [5, 5.41) is 0.746. The minimum atomic E-state index is -0.0105. The van der Waals surface area contributed by atoms with Crippen molar-refractivity contribution in [1.82, 2.24) is 0 Å². The highest BCUT2D eigenvalue weighted by Gasteiger charge is 2.31. The molecule has 0 aromatic heterocycles. The Bertz CT molecular complexity index is 922. The molecule has 3 heteroatoms. The molecule has 2 nitrogen and oxygen atoms in total. The Kier molecular flexibility index (Phi) is 6.53. The number of hydrogen-bond acceptors (Lipinski definition) is 2. The number of anilines is 1. The molecule has 0 aliphatic carbocycles. The molecule has 0 saturated carbocycles. The van der Waals surface area contributed by atoms with Crippen LogP contribution in [0.5, 0.6) is 0 Å². The number of aliphatic imine (C=N–C) groups is 1. The fourth-order valence-corrected chi connectivity index (χ4v) is 4.32. The first kappa shape index (κ1) is 21.6. The standard InChI is InChI=1S/C26H33ClN2/c1-7-13-29-25-15-24(27)21(14-23(25)19(4)16-26(29,5)6)17-28-22-11-9-20(10-12-22)18(3)8-2/h9-12,14-18H,7-8,13H2,1-6H3. The Morgan fingerprint density at radius 3 is 2.45 bits per heavy atom. The van der Waals surface area contributed by atoms with E-state index in [0.29, 0.717) is 5.92 Å². The smallest absolute Gasteiger partial charge is 0.0630 e. The summed E-state index contributed by atoms with van der Waals surface area (Å²) in [6.45, 7) is 14.4. The predicted molar refractivity (Wildman–Crippen MR) is 129 cm³/mol. The molecular formula is C26H33ClN2. The van der Waals surface area contributed by atoms with E-state index in [1.807, 2.05) is 6.21 Å². The van der Waals surface area contributed by atoms with E-state index >= 15 is 0 Å². The topological polar surface area (TPSA) is 15.6 Å². The fraction of sp³-hybridized carbons (Fsp3) is 0.423. The normalized spacial score (nSPS) is 16.7. The molecule has 0 spiro atoms. The molecule has 2 aromatic carbocycles. The summed E-state index contributed by atoms with van der Waals surface area (Å²) < 4.78 is 0. The number of nitrogens with zero attached hydrogens (tertiary/aromatic N) is 2. The second kappa shape index (κ2) is 8.75. The molecule has 2 aromatic rings. The van der Waals surface area contributed by atoms with Crippen molar-refractivity contribution < 1.29 is 0 Å². The van der Waals surface area contributed by atoms with Gasteiger partial charge in [-0.15, -0.1) is 0 Å². The van der Waals surface area contributed by atoms with Gasteiger partial charge in [0.1, 0.15) is 0 Å². The van der Waals surface area contributed by atoms with Crippen LogP contribution in [0, 0.1) is 0 Å². The summed E-state index contributed by atoms with van der Waals surface area (Å²) >= 11 is 6.68. The van der Waals surface area contributed by atoms with Gasteiger partial charge in [-0.25, -0.2) is 0 Å². The largest absolute Gasteiger partial charge is 0.362 e. The lowest BCUT2D eigenvalue weighted by Crippen LogP contribution is -2.45. The van der Waals surface area contributed by atoms with Crippen LogP contribution in [-0.4, -0.2) is 18.3 Å². The van der Waals surface area contributed by atoms with Gasteiger partial charge in [0.15, 0.2) is 0 Å². The van der Waals surface area contributed by atoms with E-state index in [2.05, 4.69) is 93.9 Å². The van der Waals surface area contributed by atoms with Gasteiger partial charge in [0.25, 0.3) is 0 Å². The van der Waals surface area contributed by atoms with E-state index in [9.17, 15) is 0 Å². The molecule has 1 aliphatic heterocycles. The zero-order valence-corrected chi connectivity index (χ0v) is 19.3. The number of rotatable bonds is 6. The first-order valence-corrected chi connectivity index (χ1v) is 11.1. The van der Waals surface area contributed by atoms with Crippen LogP contribution < -0.4 is 4.90 Å². The van der Waals surface area contributed by atoms with Crippen LogP contribution in [-0.2, 0) is 0 Å². The van der Waals surface area contributed by atoms with E-state index < -0.39 is 0 Å². The van der Waals surface area contributed by atoms with Crippen LogP contribution in [0.2, 0.25) is 5.02 Å². The van der Waals surface area contributed by atoms with E-state index in [-0.39, 0.29) is 5.54 Å². The van der Waals surface area contributed by atoms with Crippen LogP contribution in [0.25, 0.3) is 5.57 Å². The molecule has 0 bridgehead atoms. The number of fused-ring (bicyclic) bond motifs is 1. The van der Waals surface area contributed by atoms with E-state index in [1.54, 1.807) is 0 Å².